The fourth-order valence-corrected chi connectivity index (χ4v) is 2.88. The van der Waals surface area contributed by atoms with Crippen molar-refractivity contribution in [3.8, 4) is 11.6 Å². The third-order valence-corrected chi connectivity index (χ3v) is 4.20. The molecule has 0 aliphatic carbocycles. The Kier molecular flexibility index (Phi) is 4.77. The van der Waals surface area contributed by atoms with Crippen molar-refractivity contribution < 1.29 is 14.3 Å². The van der Waals surface area contributed by atoms with Gasteiger partial charge in [0.2, 0.25) is 0 Å². The molecule has 1 aromatic carbocycles. The summed E-state index contributed by atoms with van der Waals surface area (Å²) in [7, 11) is 0. The van der Waals surface area contributed by atoms with Crippen LogP contribution in [0.2, 0.25) is 0 Å². The third kappa shape index (κ3) is 3.81. The highest BCUT2D eigenvalue weighted by Gasteiger charge is 2.17. The molecule has 1 N–H and O–H groups in total. The minimum Gasteiger partial charge on any atom is -0.481 e. The molecule has 2 heterocycles. The standard InChI is InChI=1S/C16H15N3O3S/c20-14(21)11-23-16-18-17-15(13-7-4-10-22-13)19(16)9-8-12-5-2-1-3-6-12/h1-7,10H,8-9,11H2,(H,20,21). The van der Waals surface area contributed by atoms with Crippen LogP contribution in [0.25, 0.3) is 11.6 Å². The van der Waals surface area contributed by atoms with Crippen LogP contribution in [-0.4, -0.2) is 31.6 Å². The average molecular weight is 329 g/mol. The third-order valence-electron chi connectivity index (χ3n) is 3.25. The molecule has 0 bridgehead atoms. The van der Waals surface area contributed by atoms with Crippen LogP contribution in [0.15, 0.2) is 58.3 Å². The summed E-state index contributed by atoms with van der Waals surface area (Å²) in [6.45, 7) is 0.648. The minimum atomic E-state index is -0.882. The van der Waals surface area contributed by atoms with Crippen molar-refractivity contribution in [3.05, 3.63) is 54.3 Å². The maximum atomic E-state index is 10.8. The highest BCUT2D eigenvalue weighted by atomic mass is 32.2. The molecule has 0 amide bonds. The normalized spacial score (nSPS) is 10.8. The van der Waals surface area contributed by atoms with Crippen LogP contribution in [0, 0.1) is 0 Å². The average Bonchev–Trinajstić information content (AvgIpc) is 3.21. The van der Waals surface area contributed by atoms with Crippen molar-refractivity contribution in [3.63, 3.8) is 0 Å². The molecule has 0 spiro atoms. The molecule has 0 atom stereocenters. The maximum Gasteiger partial charge on any atom is 0.313 e. The lowest BCUT2D eigenvalue weighted by Crippen LogP contribution is -2.07. The molecule has 118 valence electrons. The molecule has 0 fully saturated rings. The molecule has 7 heteroatoms. The maximum absolute atomic E-state index is 10.8. The zero-order valence-corrected chi connectivity index (χ0v) is 13.1. The highest BCUT2D eigenvalue weighted by molar-refractivity contribution is 7.99. The van der Waals surface area contributed by atoms with Crippen molar-refractivity contribution in [1.29, 1.82) is 0 Å². The Morgan fingerprint density at radius 1 is 1.17 bits per heavy atom. The van der Waals surface area contributed by atoms with E-state index in [0.29, 0.717) is 23.3 Å². The number of aromatic nitrogens is 3. The molecule has 3 aromatic rings. The molecule has 2 aromatic heterocycles. The number of aryl methyl sites for hydroxylation is 1. The van der Waals surface area contributed by atoms with Gasteiger partial charge in [0.15, 0.2) is 16.7 Å². The van der Waals surface area contributed by atoms with E-state index in [4.69, 9.17) is 9.52 Å². The number of carboxylic acids is 1. The highest BCUT2D eigenvalue weighted by Crippen LogP contribution is 2.24. The first kappa shape index (κ1) is 15.4. The summed E-state index contributed by atoms with van der Waals surface area (Å²) in [5, 5.41) is 17.7. The van der Waals surface area contributed by atoms with Crippen molar-refractivity contribution in [2.45, 2.75) is 18.1 Å². The molecule has 23 heavy (non-hydrogen) atoms. The fourth-order valence-electron chi connectivity index (χ4n) is 2.20. The van der Waals surface area contributed by atoms with Gasteiger partial charge in [-0.2, -0.15) is 0 Å². The van der Waals surface area contributed by atoms with Gasteiger partial charge in [0.05, 0.1) is 12.0 Å². The first-order chi connectivity index (χ1) is 11.2. The molecule has 6 nitrogen and oxygen atoms in total. The smallest absolute Gasteiger partial charge is 0.313 e. The zero-order valence-electron chi connectivity index (χ0n) is 12.3. The number of thioether (sulfide) groups is 1. The summed E-state index contributed by atoms with van der Waals surface area (Å²) in [6, 6.07) is 13.7. The molecule has 0 unspecified atom stereocenters. The second-order valence-electron chi connectivity index (χ2n) is 4.85. The number of benzene rings is 1. The molecule has 0 aliphatic heterocycles. The predicted molar refractivity (Wildman–Crippen MR) is 86.2 cm³/mol. The quantitative estimate of drug-likeness (QED) is 0.671. The van der Waals surface area contributed by atoms with Gasteiger partial charge in [-0.1, -0.05) is 42.1 Å². The van der Waals surface area contributed by atoms with Gasteiger partial charge in [-0.25, -0.2) is 0 Å². The Bertz CT molecular complexity index is 769. The predicted octanol–water partition coefficient (Wildman–Crippen LogP) is 2.96. The molecule has 0 saturated carbocycles. The lowest BCUT2D eigenvalue weighted by molar-refractivity contribution is -0.133. The number of aliphatic carboxylic acids is 1. The summed E-state index contributed by atoms with van der Waals surface area (Å²) >= 11 is 1.16. The van der Waals surface area contributed by atoms with Crippen LogP contribution in [0.3, 0.4) is 0 Å². The van der Waals surface area contributed by atoms with Crippen LogP contribution >= 0.6 is 11.8 Å². The van der Waals surface area contributed by atoms with Crippen molar-refractivity contribution >= 4 is 17.7 Å². The van der Waals surface area contributed by atoms with Gasteiger partial charge >= 0.3 is 5.97 Å². The van der Waals surface area contributed by atoms with E-state index >= 15 is 0 Å². The van der Waals surface area contributed by atoms with Crippen molar-refractivity contribution in [2.75, 3.05) is 5.75 Å². The fraction of sp³-hybridized carbons (Fsp3) is 0.188. The topological polar surface area (TPSA) is 81.2 Å². The Hall–Kier alpha value is -2.54. The molecule has 0 aliphatic rings. The molecule has 0 saturated heterocycles. The summed E-state index contributed by atoms with van der Waals surface area (Å²) in [5.74, 6) is 0.292. The monoisotopic (exact) mass is 329 g/mol. The van der Waals surface area contributed by atoms with Crippen molar-refractivity contribution in [2.24, 2.45) is 0 Å². The first-order valence-electron chi connectivity index (χ1n) is 7.09. The van der Waals surface area contributed by atoms with E-state index in [0.717, 1.165) is 18.2 Å². The molecular formula is C16H15N3O3S. The SMILES string of the molecule is O=C(O)CSc1nnc(-c2ccco2)n1CCc1ccccc1. The van der Waals surface area contributed by atoms with Gasteiger partial charge < -0.3 is 9.52 Å². The van der Waals surface area contributed by atoms with E-state index in [-0.39, 0.29) is 5.75 Å². The van der Waals surface area contributed by atoms with E-state index in [1.54, 1.807) is 12.3 Å². The van der Waals surface area contributed by atoms with E-state index in [2.05, 4.69) is 22.3 Å². The van der Waals surface area contributed by atoms with E-state index in [9.17, 15) is 4.79 Å². The lowest BCUT2D eigenvalue weighted by atomic mass is 10.1. The molecule has 0 radical (unpaired) electrons. The lowest BCUT2D eigenvalue weighted by Gasteiger charge is -2.08. The summed E-state index contributed by atoms with van der Waals surface area (Å²) < 4.78 is 7.30. The Labute approximate surface area is 137 Å². The number of furan rings is 1. The van der Waals surface area contributed by atoms with Gasteiger partial charge in [0.25, 0.3) is 0 Å². The van der Waals surface area contributed by atoms with Gasteiger partial charge in [0.1, 0.15) is 0 Å². The van der Waals surface area contributed by atoms with E-state index in [1.807, 2.05) is 28.8 Å². The molecule has 3 rings (SSSR count). The van der Waals surface area contributed by atoms with Crippen molar-refractivity contribution in [1.82, 2.24) is 14.8 Å². The summed E-state index contributed by atoms with van der Waals surface area (Å²) in [4.78, 5) is 10.8. The number of hydrogen-bond donors (Lipinski definition) is 1. The summed E-state index contributed by atoms with van der Waals surface area (Å²) in [5.41, 5.74) is 1.20. The van der Waals surface area contributed by atoms with E-state index in [1.165, 1.54) is 5.56 Å². The van der Waals surface area contributed by atoms with Crippen LogP contribution in [0.5, 0.6) is 0 Å². The minimum absolute atomic E-state index is 0.0539. The van der Waals surface area contributed by atoms with Gasteiger partial charge in [0, 0.05) is 6.54 Å². The Balaban J connectivity index is 1.84. The number of rotatable bonds is 7. The molecular weight excluding hydrogens is 314 g/mol. The first-order valence-corrected chi connectivity index (χ1v) is 8.08. The van der Waals surface area contributed by atoms with Crippen LogP contribution in [0.1, 0.15) is 5.56 Å². The van der Waals surface area contributed by atoms with Crippen LogP contribution in [0.4, 0.5) is 0 Å². The van der Waals surface area contributed by atoms with E-state index < -0.39 is 5.97 Å². The second-order valence-corrected chi connectivity index (χ2v) is 5.80. The van der Waals surface area contributed by atoms with Gasteiger partial charge in [-0.15, -0.1) is 10.2 Å². The number of carbonyl (C=O) groups is 1. The Morgan fingerprint density at radius 3 is 2.70 bits per heavy atom. The van der Waals surface area contributed by atoms with Crippen LogP contribution < -0.4 is 0 Å². The van der Waals surface area contributed by atoms with Gasteiger partial charge in [-0.05, 0) is 24.1 Å². The zero-order chi connectivity index (χ0) is 16.1. The van der Waals surface area contributed by atoms with Gasteiger partial charge in [-0.3, -0.25) is 9.36 Å². The number of nitrogens with zero attached hydrogens (tertiary/aromatic N) is 3. The van der Waals surface area contributed by atoms with Crippen LogP contribution in [-0.2, 0) is 17.8 Å². The number of carboxylic acid groups (broad SMARTS) is 1. The number of hydrogen-bond acceptors (Lipinski definition) is 5. The largest absolute Gasteiger partial charge is 0.481 e. The summed E-state index contributed by atoms with van der Waals surface area (Å²) in [6.07, 6.45) is 2.38. The second kappa shape index (κ2) is 7.15. The Morgan fingerprint density at radius 2 is 2.00 bits per heavy atom.